The number of halogens is 2. The minimum Gasteiger partial charge on any atom is -0.396 e. The average molecular weight is 498 g/mol. The van der Waals surface area contributed by atoms with Crippen molar-refractivity contribution in [2.24, 2.45) is 10.9 Å². The summed E-state index contributed by atoms with van der Waals surface area (Å²) in [6.07, 6.45) is 3.10. The number of rotatable bonds is 9. The molecule has 4 nitrogen and oxygen atoms in total. The van der Waals surface area contributed by atoms with Crippen LogP contribution in [-0.2, 0) is 6.54 Å². The van der Waals surface area contributed by atoms with Crippen LogP contribution in [0.3, 0.4) is 0 Å². The zero-order valence-electron chi connectivity index (χ0n) is 14.0. The van der Waals surface area contributed by atoms with Crippen LogP contribution in [-0.4, -0.2) is 30.8 Å². The molecular formula is C17H29BrIN3O. The molecule has 1 rings (SSSR count). The lowest BCUT2D eigenvalue weighted by atomic mass is 10.0. The predicted octanol–water partition coefficient (Wildman–Crippen LogP) is 3.92. The van der Waals surface area contributed by atoms with Crippen LogP contribution in [0.5, 0.6) is 0 Å². The van der Waals surface area contributed by atoms with Gasteiger partial charge < -0.3 is 15.7 Å². The molecule has 0 fully saturated rings. The second-order valence-electron chi connectivity index (χ2n) is 5.37. The molecule has 1 atom stereocenters. The number of aliphatic imine (C=N–C) groups is 1. The minimum atomic E-state index is 0. The van der Waals surface area contributed by atoms with Crippen LogP contribution < -0.4 is 10.6 Å². The van der Waals surface area contributed by atoms with Crippen LogP contribution in [0.25, 0.3) is 0 Å². The summed E-state index contributed by atoms with van der Waals surface area (Å²) in [5.74, 6) is 1.33. The molecule has 0 saturated heterocycles. The van der Waals surface area contributed by atoms with Crippen molar-refractivity contribution in [2.45, 2.75) is 39.7 Å². The van der Waals surface area contributed by atoms with Gasteiger partial charge in [0.2, 0.25) is 0 Å². The summed E-state index contributed by atoms with van der Waals surface area (Å²) in [6.45, 7) is 6.83. The molecule has 1 aromatic rings. The van der Waals surface area contributed by atoms with Gasteiger partial charge >= 0.3 is 0 Å². The first-order valence-corrected chi connectivity index (χ1v) is 8.86. The summed E-state index contributed by atoms with van der Waals surface area (Å²) in [5, 5.41) is 15.8. The molecule has 0 saturated carbocycles. The van der Waals surface area contributed by atoms with Crippen molar-refractivity contribution in [3.63, 3.8) is 0 Å². The molecule has 1 unspecified atom stereocenters. The van der Waals surface area contributed by atoms with Gasteiger partial charge in [-0.05, 0) is 43.4 Å². The molecule has 0 bridgehead atoms. The average Bonchev–Trinajstić information content (AvgIpc) is 2.52. The normalized spacial score (nSPS) is 12.4. The third-order valence-electron chi connectivity index (χ3n) is 3.47. The second-order valence-corrected chi connectivity index (χ2v) is 6.29. The van der Waals surface area contributed by atoms with Gasteiger partial charge in [0.05, 0.1) is 6.54 Å². The zero-order chi connectivity index (χ0) is 16.2. The fraction of sp³-hybridized carbons (Fsp3) is 0.588. The number of guanidine groups is 1. The summed E-state index contributed by atoms with van der Waals surface area (Å²) in [6, 6.07) is 8.21. The first-order chi connectivity index (χ1) is 10.7. The van der Waals surface area contributed by atoms with Crippen LogP contribution in [0.2, 0.25) is 0 Å². The SMILES string of the molecule is CCCC(CCO)CNC(=NCc1ccc(Br)cc1)NCC.I. The highest BCUT2D eigenvalue weighted by Gasteiger charge is 2.08. The molecule has 1 aromatic carbocycles. The fourth-order valence-electron chi connectivity index (χ4n) is 2.28. The standard InChI is InChI=1S/C17H28BrN3O.HI/c1-3-5-14(10-11-22)12-20-17(19-4-2)21-13-15-6-8-16(18)9-7-15;/h6-9,14,22H,3-5,10-13H2,1-2H3,(H2,19,20,21);1H. The number of nitrogens with zero attached hydrogens (tertiary/aromatic N) is 1. The van der Waals surface area contributed by atoms with Gasteiger partial charge in [0.25, 0.3) is 0 Å². The molecule has 3 N–H and O–H groups in total. The van der Waals surface area contributed by atoms with E-state index in [9.17, 15) is 0 Å². The van der Waals surface area contributed by atoms with Gasteiger partial charge in [-0.3, -0.25) is 0 Å². The van der Waals surface area contributed by atoms with Crippen LogP contribution in [0.4, 0.5) is 0 Å². The molecular weight excluding hydrogens is 469 g/mol. The first kappa shape index (κ1) is 22.7. The highest BCUT2D eigenvalue weighted by Crippen LogP contribution is 2.11. The monoisotopic (exact) mass is 497 g/mol. The maximum absolute atomic E-state index is 9.13. The highest BCUT2D eigenvalue weighted by molar-refractivity contribution is 14.0. The van der Waals surface area contributed by atoms with Crippen LogP contribution in [0, 0.1) is 5.92 Å². The smallest absolute Gasteiger partial charge is 0.191 e. The van der Waals surface area contributed by atoms with E-state index in [1.807, 2.05) is 12.1 Å². The Morgan fingerprint density at radius 1 is 1.17 bits per heavy atom. The van der Waals surface area contributed by atoms with Gasteiger partial charge in [-0.1, -0.05) is 41.4 Å². The second kappa shape index (κ2) is 14.0. The van der Waals surface area contributed by atoms with E-state index in [-0.39, 0.29) is 30.6 Å². The number of aliphatic hydroxyl groups is 1. The summed E-state index contributed by atoms with van der Waals surface area (Å²) < 4.78 is 1.08. The number of aliphatic hydroxyl groups excluding tert-OH is 1. The van der Waals surface area contributed by atoms with Crippen molar-refractivity contribution in [3.8, 4) is 0 Å². The maximum atomic E-state index is 9.13. The molecule has 0 aliphatic rings. The van der Waals surface area contributed by atoms with Crippen LogP contribution >= 0.6 is 39.9 Å². The lowest BCUT2D eigenvalue weighted by molar-refractivity contribution is 0.251. The number of hydrogen-bond donors (Lipinski definition) is 3. The van der Waals surface area contributed by atoms with Crippen LogP contribution in [0.15, 0.2) is 33.7 Å². The minimum absolute atomic E-state index is 0. The Labute approximate surface area is 165 Å². The topological polar surface area (TPSA) is 56.6 Å². The molecule has 0 radical (unpaired) electrons. The third-order valence-corrected chi connectivity index (χ3v) is 4.00. The summed E-state index contributed by atoms with van der Waals surface area (Å²) >= 11 is 3.44. The first-order valence-electron chi connectivity index (χ1n) is 8.07. The number of hydrogen-bond acceptors (Lipinski definition) is 2. The molecule has 0 amide bonds. The van der Waals surface area contributed by atoms with E-state index < -0.39 is 0 Å². The Morgan fingerprint density at radius 2 is 1.87 bits per heavy atom. The molecule has 0 heterocycles. The maximum Gasteiger partial charge on any atom is 0.191 e. The van der Waals surface area contributed by atoms with E-state index >= 15 is 0 Å². The number of benzene rings is 1. The van der Waals surface area contributed by atoms with Crippen LogP contribution in [0.1, 0.15) is 38.7 Å². The third kappa shape index (κ3) is 10.2. The van der Waals surface area contributed by atoms with Gasteiger partial charge in [-0.15, -0.1) is 24.0 Å². The van der Waals surface area contributed by atoms with Gasteiger partial charge in [0.1, 0.15) is 0 Å². The molecule has 0 aliphatic carbocycles. The highest BCUT2D eigenvalue weighted by atomic mass is 127. The molecule has 132 valence electrons. The quantitative estimate of drug-likeness (QED) is 0.275. The molecule has 0 aromatic heterocycles. The Balaban J connectivity index is 0.00000484. The van der Waals surface area contributed by atoms with Gasteiger partial charge in [0.15, 0.2) is 5.96 Å². The van der Waals surface area contributed by atoms with Gasteiger partial charge in [0, 0.05) is 24.2 Å². The Bertz CT molecular complexity index is 434. The number of nitrogens with one attached hydrogen (secondary N) is 2. The molecule has 6 heteroatoms. The largest absolute Gasteiger partial charge is 0.396 e. The lowest BCUT2D eigenvalue weighted by Gasteiger charge is -2.18. The summed E-state index contributed by atoms with van der Waals surface area (Å²) in [7, 11) is 0. The van der Waals surface area contributed by atoms with E-state index in [1.165, 1.54) is 5.56 Å². The lowest BCUT2D eigenvalue weighted by Crippen LogP contribution is -2.40. The van der Waals surface area contributed by atoms with E-state index in [0.717, 1.165) is 42.8 Å². The fourth-order valence-corrected chi connectivity index (χ4v) is 2.55. The van der Waals surface area contributed by atoms with Gasteiger partial charge in [-0.25, -0.2) is 4.99 Å². The van der Waals surface area contributed by atoms with Crippen molar-refractivity contribution in [3.05, 3.63) is 34.3 Å². The molecule has 23 heavy (non-hydrogen) atoms. The van der Waals surface area contributed by atoms with Gasteiger partial charge in [-0.2, -0.15) is 0 Å². The molecule has 0 spiro atoms. The van der Waals surface area contributed by atoms with E-state index in [1.54, 1.807) is 0 Å². The van der Waals surface area contributed by atoms with Crippen molar-refractivity contribution >= 4 is 45.9 Å². The van der Waals surface area contributed by atoms with E-state index in [4.69, 9.17) is 5.11 Å². The van der Waals surface area contributed by atoms with E-state index in [0.29, 0.717) is 12.5 Å². The Hall–Kier alpha value is -0.340. The van der Waals surface area contributed by atoms with Crippen molar-refractivity contribution in [1.29, 1.82) is 0 Å². The zero-order valence-corrected chi connectivity index (χ0v) is 17.9. The Morgan fingerprint density at radius 3 is 2.43 bits per heavy atom. The predicted molar refractivity (Wildman–Crippen MR) is 112 cm³/mol. The Kier molecular flexibility index (Phi) is 13.8. The van der Waals surface area contributed by atoms with Crippen molar-refractivity contribution in [2.75, 3.05) is 19.7 Å². The van der Waals surface area contributed by atoms with E-state index in [2.05, 4.69) is 57.5 Å². The van der Waals surface area contributed by atoms with Crippen molar-refractivity contribution in [1.82, 2.24) is 10.6 Å². The summed E-state index contributed by atoms with van der Waals surface area (Å²) in [4.78, 5) is 4.62. The van der Waals surface area contributed by atoms with Crippen molar-refractivity contribution < 1.29 is 5.11 Å². The molecule has 0 aliphatic heterocycles. The summed E-state index contributed by atoms with van der Waals surface area (Å²) in [5.41, 5.74) is 1.18.